The molecule has 138 valence electrons. The van der Waals surface area contributed by atoms with Crippen molar-refractivity contribution in [3.8, 4) is 5.75 Å². The van der Waals surface area contributed by atoms with Gasteiger partial charge in [-0.1, -0.05) is 23.2 Å². The third kappa shape index (κ3) is 5.82. The smallest absolute Gasteiger partial charge is 0.471 e. The molecule has 10 heteroatoms. The molecule has 0 heterocycles. The molecule has 0 unspecified atom stereocenters. The number of alkyl halides is 3. The number of hydrogen-bond donors (Lipinski definition) is 2. The Kier molecular flexibility index (Phi) is 6.33. The third-order valence-corrected chi connectivity index (χ3v) is 3.47. The van der Waals surface area contributed by atoms with E-state index in [0.29, 0.717) is 10.7 Å². The van der Waals surface area contributed by atoms with Crippen molar-refractivity contribution in [3.05, 3.63) is 52.5 Å². The maximum absolute atomic E-state index is 12.2. The Bertz CT molecular complexity index is 811. The van der Waals surface area contributed by atoms with Gasteiger partial charge in [-0.15, -0.1) is 0 Å². The van der Waals surface area contributed by atoms with Crippen molar-refractivity contribution in [1.29, 1.82) is 0 Å². The normalized spacial score (nSPS) is 11.0. The number of carbonyl (C=O) groups excluding carboxylic acids is 2. The first-order valence-corrected chi connectivity index (χ1v) is 7.76. The van der Waals surface area contributed by atoms with Crippen molar-refractivity contribution in [2.24, 2.45) is 0 Å². The Morgan fingerprint density at radius 2 is 1.54 bits per heavy atom. The molecule has 0 atom stereocenters. The lowest BCUT2D eigenvalue weighted by atomic mass is 10.2. The monoisotopic (exact) mass is 406 g/mol. The fraction of sp³-hybridized carbons (Fsp3) is 0.125. The van der Waals surface area contributed by atoms with Crippen LogP contribution in [0.3, 0.4) is 0 Å². The van der Waals surface area contributed by atoms with Crippen molar-refractivity contribution in [2.75, 3.05) is 17.2 Å². The first-order chi connectivity index (χ1) is 12.1. The van der Waals surface area contributed by atoms with Gasteiger partial charge >= 0.3 is 12.1 Å². The first-order valence-electron chi connectivity index (χ1n) is 7.01. The Balaban J connectivity index is 1.88. The molecule has 26 heavy (non-hydrogen) atoms. The molecule has 0 radical (unpaired) electrons. The van der Waals surface area contributed by atoms with E-state index in [9.17, 15) is 22.8 Å². The van der Waals surface area contributed by atoms with Crippen LogP contribution >= 0.6 is 23.2 Å². The Hall–Kier alpha value is -2.45. The lowest BCUT2D eigenvalue weighted by Gasteiger charge is -2.10. The molecule has 2 amide bonds. The van der Waals surface area contributed by atoms with Gasteiger partial charge in [-0.25, -0.2) is 0 Å². The summed E-state index contributed by atoms with van der Waals surface area (Å²) in [7, 11) is 0. The number of halogens is 5. The van der Waals surface area contributed by atoms with Crippen molar-refractivity contribution >= 4 is 46.4 Å². The number of benzene rings is 2. The van der Waals surface area contributed by atoms with Gasteiger partial charge in [0, 0.05) is 16.4 Å². The Morgan fingerprint density at radius 1 is 0.962 bits per heavy atom. The van der Waals surface area contributed by atoms with Crippen LogP contribution in [0.1, 0.15) is 0 Å². The van der Waals surface area contributed by atoms with Gasteiger partial charge in [0.15, 0.2) is 6.61 Å². The summed E-state index contributed by atoms with van der Waals surface area (Å²) in [4.78, 5) is 22.7. The molecule has 0 bridgehead atoms. The van der Waals surface area contributed by atoms with Gasteiger partial charge in [-0.3, -0.25) is 9.59 Å². The Labute approximate surface area is 156 Å². The van der Waals surface area contributed by atoms with E-state index in [2.05, 4.69) is 5.32 Å². The predicted molar refractivity (Wildman–Crippen MR) is 91.7 cm³/mol. The summed E-state index contributed by atoms with van der Waals surface area (Å²) in [5.74, 6) is -2.32. The quantitative estimate of drug-likeness (QED) is 0.767. The average Bonchev–Trinajstić information content (AvgIpc) is 2.55. The predicted octanol–water partition coefficient (Wildman–Crippen LogP) is 4.51. The topological polar surface area (TPSA) is 67.4 Å². The van der Waals surface area contributed by atoms with Crippen LogP contribution in [0.15, 0.2) is 42.5 Å². The van der Waals surface area contributed by atoms with E-state index in [4.69, 9.17) is 27.9 Å². The van der Waals surface area contributed by atoms with E-state index < -0.39 is 18.0 Å². The molecule has 2 aromatic rings. The number of amides is 2. The van der Waals surface area contributed by atoms with Gasteiger partial charge in [0.2, 0.25) is 0 Å². The molecule has 0 saturated heterocycles. The number of anilines is 2. The summed E-state index contributed by atoms with van der Waals surface area (Å²) in [6.45, 7) is -0.339. The van der Waals surface area contributed by atoms with Crippen LogP contribution in [-0.2, 0) is 9.59 Å². The highest BCUT2D eigenvalue weighted by molar-refractivity contribution is 6.35. The van der Waals surface area contributed by atoms with Gasteiger partial charge in [0.05, 0.1) is 5.02 Å². The molecule has 0 fully saturated rings. The van der Waals surface area contributed by atoms with E-state index in [1.165, 1.54) is 36.4 Å². The van der Waals surface area contributed by atoms with Gasteiger partial charge in [-0.05, 0) is 42.5 Å². The summed E-state index contributed by atoms with van der Waals surface area (Å²) in [6, 6.07) is 9.62. The number of ether oxygens (including phenoxy) is 1. The fourth-order valence-electron chi connectivity index (χ4n) is 1.77. The second-order valence-corrected chi connectivity index (χ2v) is 5.78. The molecule has 0 aliphatic heterocycles. The van der Waals surface area contributed by atoms with Crippen LogP contribution in [0.25, 0.3) is 0 Å². The number of hydrogen-bond acceptors (Lipinski definition) is 3. The second-order valence-electron chi connectivity index (χ2n) is 4.94. The zero-order chi connectivity index (χ0) is 19.3. The lowest BCUT2D eigenvalue weighted by molar-refractivity contribution is -0.167. The van der Waals surface area contributed by atoms with E-state index >= 15 is 0 Å². The van der Waals surface area contributed by atoms with Gasteiger partial charge in [-0.2, -0.15) is 13.2 Å². The van der Waals surface area contributed by atoms with Crippen LogP contribution in [0.5, 0.6) is 5.75 Å². The average molecular weight is 407 g/mol. The fourth-order valence-corrected chi connectivity index (χ4v) is 2.23. The minimum absolute atomic E-state index is 0.0606. The van der Waals surface area contributed by atoms with Crippen molar-refractivity contribution < 1.29 is 27.5 Å². The summed E-state index contributed by atoms with van der Waals surface area (Å²) in [6.07, 6.45) is -4.98. The molecule has 0 spiro atoms. The van der Waals surface area contributed by atoms with Gasteiger partial charge < -0.3 is 15.4 Å². The third-order valence-electron chi connectivity index (χ3n) is 2.94. The van der Waals surface area contributed by atoms with Crippen molar-refractivity contribution in [1.82, 2.24) is 0 Å². The van der Waals surface area contributed by atoms with Crippen molar-refractivity contribution in [3.63, 3.8) is 0 Å². The highest BCUT2D eigenvalue weighted by Gasteiger charge is 2.38. The van der Waals surface area contributed by atoms with Gasteiger partial charge in [0.1, 0.15) is 5.75 Å². The molecule has 5 nitrogen and oxygen atoms in total. The molecule has 0 aliphatic carbocycles. The number of rotatable bonds is 5. The molecular formula is C16H11Cl2F3N2O3. The molecular weight excluding hydrogens is 396 g/mol. The molecule has 0 aliphatic rings. The zero-order valence-electron chi connectivity index (χ0n) is 12.9. The minimum atomic E-state index is -4.98. The summed E-state index contributed by atoms with van der Waals surface area (Å²) in [5.41, 5.74) is 0.250. The maximum Gasteiger partial charge on any atom is 0.471 e. The van der Waals surface area contributed by atoms with Crippen LogP contribution in [-0.4, -0.2) is 24.6 Å². The van der Waals surface area contributed by atoms with Gasteiger partial charge in [0.25, 0.3) is 5.91 Å². The summed E-state index contributed by atoms with van der Waals surface area (Å²) >= 11 is 11.7. The van der Waals surface area contributed by atoms with Crippen molar-refractivity contribution in [2.45, 2.75) is 6.18 Å². The van der Waals surface area contributed by atoms with E-state index in [1.807, 2.05) is 0 Å². The molecule has 2 rings (SSSR count). The van der Waals surface area contributed by atoms with Crippen LogP contribution < -0.4 is 15.4 Å². The molecule has 2 aromatic carbocycles. The summed E-state index contributed by atoms with van der Waals surface area (Å²) < 4.78 is 41.7. The SMILES string of the molecule is O=C(COc1ccc(Cl)cc1Cl)Nc1ccc(NC(=O)C(F)(F)F)cc1. The summed E-state index contributed by atoms with van der Waals surface area (Å²) in [5, 5.41) is 4.85. The Morgan fingerprint density at radius 3 is 2.08 bits per heavy atom. The van der Waals surface area contributed by atoms with E-state index in [1.54, 1.807) is 11.4 Å². The first kappa shape index (κ1) is 19.9. The second kappa shape index (κ2) is 8.29. The molecule has 0 aromatic heterocycles. The highest BCUT2D eigenvalue weighted by Crippen LogP contribution is 2.27. The standard InChI is InChI=1S/C16H11Cl2F3N2O3/c17-9-1-6-13(12(18)7-9)26-8-14(24)22-10-2-4-11(5-3-10)23-15(25)16(19,20)21/h1-7H,8H2,(H,22,24)(H,23,25). The zero-order valence-corrected chi connectivity index (χ0v) is 14.4. The molecule has 2 N–H and O–H groups in total. The largest absolute Gasteiger partial charge is 0.482 e. The van der Waals surface area contributed by atoms with E-state index in [-0.39, 0.29) is 23.1 Å². The highest BCUT2D eigenvalue weighted by atomic mass is 35.5. The minimum Gasteiger partial charge on any atom is -0.482 e. The van der Waals surface area contributed by atoms with E-state index in [0.717, 1.165) is 0 Å². The van der Waals surface area contributed by atoms with Crippen LogP contribution in [0.4, 0.5) is 24.5 Å². The lowest BCUT2D eigenvalue weighted by Crippen LogP contribution is -2.29. The molecule has 0 saturated carbocycles. The van der Waals surface area contributed by atoms with Crippen LogP contribution in [0, 0.1) is 0 Å². The maximum atomic E-state index is 12.2. The number of carbonyl (C=O) groups is 2. The van der Waals surface area contributed by atoms with Crippen LogP contribution in [0.2, 0.25) is 10.0 Å². The number of nitrogens with one attached hydrogen (secondary N) is 2.